The maximum Gasteiger partial charge on any atom is 0.295 e. The van der Waals surface area contributed by atoms with E-state index in [-0.39, 0.29) is 11.3 Å². The van der Waals surface area contributed by atoms with Gasteiger partial charge in [-0.25, -0.2) is 0 Å². The number of benzene rings is 2. The molecule has 2 aromatic rings. The minimum Gasteiger partial charge on any atom is -0.507 e. The molecule has 0 aromatic heterocycles. The standard InChI is InChI=1S/C25H30N2O5/c1-15-13-16(2)24(32-6)19(14-15)22(28)20-21(17-7-9-18(31-5)10-8-17)27(12-11-26(3)4)25(30)23(20)29/h7-10,13-14,21,28H,11-12H2,1-6H3/b22-20+. The van der Waals surface area contributed by atoms with Gasteiger partial charge in [-0.15, -0.1) is 0 Å². The molecule has 1 aliphatic heterocycles. The molecule has 7 nitrogen and oxygen atoms in total. The Balaban J connectivity index is 2.23. The molecule has 1 N–H and O–H groups in total. The first-order valence-corrected chi connectivity index (χ1v) is 10.4. The molecule has 3 rings (SSSR count). The molecule has 1 atom stereocenters. The number of ketones is 1. The van der Waals surface area contributed by atoms with Crippen molar-refractivity contribution in [3.05, 3.63) is 64.2 Å². The van der Waals surface area contributed by atoms with Crippen LogP contribution >= 0.6 is 0 Å². The second kappa shape index (κ2) is 9.44. The first kappa shape index (κ1) is 23.3. The second-order valence-corrected chi connectivity index (χ2v) is 8.23. The van der Waals surface area contributed by atoms with Crippen LogP contribution in [0.3, 0.4) is 0 Å². The number of hydrogen-bond acceptors (Lipinski definition) is 6. The smallest absolute Gasteiger partial charge is 0.295 e. The predicted octanol–water partition coefficient (Wildman–Crippen LogP) is 3.30. The van der Waals surface area contributed by atoms with Gasteiger partial charge >= 0.3 is 0 Å². The summed E-state index contributed by atoms with van der Waals surface area (Å²) in [6.45, 7) is 4.70. The lowest BCUT2D eigenvalue weighted by atomic mass is 9.93. The third-order valence-corrected chi connectivity index (χ3v) is 5.64. The number of carbonyl (C=O) groups excluding carboxylic acids is 2. The van der Waals surface area contributed by atoms with E-state index in [1.54, 1.807) is 25.3 Å². The molecule has 0 saturated carbocycles. The summed E-state index contributed by atoms with van der Waals surface area (Å²) in [7, 11) is 6.90. The zero-order valence-corrected chi connectivity index (χ0v) is 19.4. The molecule has 1 amide bonds. The van der Waals surface area contributed by atoms with E-state index in [1.807, 2.05) is 51.0 Å². The predicted molar refractivity (Wildman–Crippen MR) is 123 cm³/mol. The first-order valence-electron chi connectivity index (χ1n) is 10.4. The number of rotatable bonds is 7. The minimum absolute atomic E-state index is 0.0576. The van der Waals surface area contributed by atoms with Gasteiger partial charge in [0.2, 0.25) is 0 Å². The van der Waals surface area contributed by atoms with Crippen LogP contribution in [0.25, 0.3) is 5.76 Å². The molecule has 1 saturated heterocycles. The van der Waals surface area contributed by atoms with Gasteiger partial charge in [0, 0.05) is 13.1 Å². The second-order valence-electron chi connectivity index (χ2n) is 8.23. The number of aliphatic hydroxyl groups excluding tert-OH is 1. The van der Waals surface area contributed by atoms with E-state index in [4.69, 9.17) is 9.47 Å². The number of amides is 1. The molecule has 0 bridgehead atoms. The highest BCUT2D eigenvalue weighted by atomic mass is 16.5. The van der Waals surface area contributed by atoms with E-state index in [1.165, 1.54) is 12.0 Å². The van der Waals surface area contributed by atoms with Gasteiger partial charge in [0.1, 0.15) is 17.3 Å². The summed E-state index contributed by atoms with van der Waals surface area (Å²) >= 11 is 0. The minimum atomic E-state index is -0.716. The summed E-state index contributed by atoms with van der Waals surface area (Å²) in [6.07, 6.45) is 0. The summed E-state index contributed by atoms with van der Waals surface area (Å²) in [5.41, 5.74) is 2.91. The summed E-state index contributed by atoms with van der Waals surface area (Å²) in [5, 5.41) is 11.4. The molecule has 1 heterocycles. The Morgan fingerprint density at radius 1 is 1.06 bits per heavy atom. The molecule has 1 fully saturated rings. The molecular weight excluding hydrogens is 408 g/mol. The van der Waals surface area contributed by atoms with Gasteiger partial charge in [0.15, 0.2) is 0 Å². The highest BCUT2D eigenvalue weighted by Crippen LogP contribution is 2.42. The van der Waals surface area contributed by atoms with Gasteiger partial charge < -0.3 is 24.4 Å². The van der Waals surface area contributed by atoms with Crippen LogP contribution in [-0.2, 0) is 9.59 Å². The average Bonchev–Trinajstić information content (AvgIpc) is 3.01. The fourth-order valence-electron chi connectivity index (χ4n) is 4.10. The van der Waals surface area contributed by atoms with Crippen molar-refractivity contribution in [2.24, 2.45) is 0 Å². The van der Waals surface area contributed by atoms with E-state index in [2.05, 4.69) is 0 Å². The Morgan fingerprint density at radius 3 is 2.28 bits per heavy atom. The fraction of sp³-hybridized carbons (Fsp3) is 0.360. The number of hydrogen-bond donors (Lipinski definition) is 1. The van der Waals surface area contributed by atoms with Gasteiger partial charge in [0.05, 0.1) is 31.4 Å². The molecule has 1 aliphatic rings. The summed E-state index contributed by atoms with van der Waals surface area (Å²) in [6, 6.07) is 10.2. The number of aliphatic hydroxyl groups is 1. The average molecular weight is 439 g/mol. The molecule has 0 aliphatic carbocycles. The van der Waals surface area contributed by atoms with Crippen LogP contribution in [0.4, 0.5) is 0 Å². The van der Waals surface area contributed by atoms with Crippen LogP contribution in [0.15, 0.2) is 42.0 Å². The van der Waals surface area contributed by atoms with Crippen molar-refractivity contribution in [2.75, 3.05) is 41.4 Å². The van der Waals surface area contributed by atoms with Crippen molar-refractivity contribution in [1.82, 2.24) is 9.80 Å². The Morgan fingerprint density at radius 2 is 1.72 bits per heavy atom. The van der Waals surface area contributed by atoms with Crippen molar-refractivity contribution in [3.63, 3.8) is 0 Å². The van der Waals surface area contributed by atoms with Gasteiger partial charge in [-0.2, -0.15) is 0 Å². The molecule has 170 valence electrons. The van der Waals surface area contributed by atoms with E-state index in [9.17, 15) is 14.7 Å². The Kier molecular flexibility index (Phi) is 6.89. The third kappa shape index (κ3) is 4.34. The molecule has 2 aromatic carbocycles. The van der Waals surface area contributed by atoms with Crippen LogP contribution in [0.1, 0.15) is 28.3 Å². The summed E-state index contributed by atoms with van der Waals surface area (Å²) in [4.78, 5) is 29.6. The van der Waals surface area contributed by atoms with Crippen LogP contribution in [0.2, 0.25) is 0 Å². The maximum absolute atomic E-state index is 13.2. The highest BCUT2D eigenvalue weighted by molar-refractivity contribution is 6.46. The first-order chi connectivity index (χ1) is 15.2. The van der Waals surface area contributed by atoms with Crippen LogP contribution < -0.4 is 9.47 Å². The monoisotopic (exact) mass is 438 g/mol. The normalized spacial score (nSPS) is 17.8. The number of ether oxygens (including phenoxy) is 2. The van der Waals surface area contributed by atoms with E-state index >= 15 is 0 Å². The van der Waals surface area contributed by atoms with E-state index in [0.717, 1.165) is 11.1 Å². The molecule has 32 heavy (non-hydrogen) atoms. The van der Waals surface area contributed by atoms with Crippen molar-refractivity contribution < 1.29 is 24.2 Å². The Labute approximate surface area is 188 Å². The molecule has 1 unspecified atom stereocenters. The molecule has 0 radical (unpaired) electrons. The number of aryl methyl sites for hydroxylation is 2. The van der Waals surface area contributed by atoms with Gasteiger partial charge in [-0.3, -0.25) is 9.59 Å². The summed E-state index contributed by atoms with van der Waals surface area (Å²) < 4.78 is 10.8. The lowest BCUT2D eigenvalue weighted by Crippen LogP contribution is -2.35. The number of carbonyl (C=O) groups is 2. The van der Waals surface area contributed by atoms with Crippen molar-refractivity contribution in [1.29, 1.82) is 0 Å². The molecule has 0 spiro atoms. The largest absolute Gasteiger partial charge is 0.507 e. The maximum atomic E-state index is 13.2. The van der Waals surface area contributed by atoms with Crippen molar-refractivity contribution in [2.45, 2.75) is 19.9 Å². The quantitative estimate of drug-likeness (QED) is 0.406. The topological polar surface area (TPSA) is 79.3 Å². The fourth-order valence-corrected chi connectivity index (χ4v) is 4.10. The number of methoxy groups -OCH3 is 2. The zero-order chi connectivity index (χ0) is 23.6. The van der Waals surface area contributed by atoms with Gasteiger partial charge in [0.25, 0.3) is 11.7 Å². The third-order valence-electron chi connectivity index (χ3n) is 5.64. The number of likely N-dealkylation sites (tertiary alicyclic amines) is 1. The summed E-state index contributed by atoms with van der Waals surface area (Å²) in [5.74, 6) is -0.433. The molecule has 7 heteroatoms. The van der Waals surface area contributed by atoms with Gasteiger partial charge in [-0.05, 0) is 62.8 Å². The van der Waals surface area contributed by atoms with Crippen LogP contribution in [0.5, 0.6) is 11.5 Å². The number of nitrogens with zero attached hydrogens (tertiary/aromatic N) is 2. The van der Waals surface area contributed by atoms with Crippen LogP contribution in [0, 0.1) is 13.8 Å². The number of Topliss-reactive ketones (excluding diaryl/α,β-unsaturated/α-hetero) is 1. The van der Waals surface area contributed by atoms with Crippen molar-refractivity contribution in [3.8, 4) is 11.5 Å². The Hall–Kier alpha value is -3.32. The van der Waals surface area contributed by atoms with Gasteiger partial charge in [-0.1, -0.05) is 18.2 Å². The highest BCUT2D eigenvalue weighted by Gasteiger charge is 2.46. The number of likely N-dealkylation sites (N-methyl/N-ethyl adjacent to an activating group) is 1. The van der Waals surface area contributed by atoms with Crippen molar-refractivity contribution >= 4 is 17.4 Å². The molecular formula is C25H30N2O5. The lowest BCUT2D eigenvalue weighted by molar-refractivity contribution is -0.140. The van der Waals surface area contributed by atoms with E-state index < -0.39 is 17.7 Å². The Bertz CT molecular complexity index is 1060. The lowest BCUT2D eigenvalue weighted by Gasteiger charge is -2.27. The van der Waals surface area contributed by atoms with E-state index in [0.29, 0.717) is 35.7 Å². The SMILES string of the molecule is COc1ccc(C2/C(=C(\O)c3cc(C)cc(C)c3OC)C(=O)C(=O)N2CCN(C)C)cc1. The van der Waals surface area contributed by atoms with Crippen LogP contribution in [-0.4, -0.2) is 68.0 Å². The zero-order valence-electron chi connectivity index (χ0n) is 19.4.